The fourth-order valence-electron chi connectivity index (χ4n) is 2.34. The van der Waals surface area contributed by atoms with E-state index in [1.54, 1.807) is 30.3 Å². The zero-order chi connectivity index (χ0) is 18.1. The summed E-state index contributed by atoms with van der Waals surface area (Å²) in [5, 5.41) is 5.08. The molecule has 0 aromatic heterocycles. The van der Waals surface area contributed by atoms with Gasteiger partial charge in [-0.1, -0.05) is 48.5 Å². The van der Waals surface area contributed by atoms with Gasteiger partial charge in [-0.05, 0) is 30.5 Å². The largest absolute Gasteiger partial charge is 0.368 e. The van der Waals surface area contributed by atoms with E-state index in [-0.39, 0.29) is 12.5 Å². The van der Waals surface area contributed by atoms with Gasteiger partial charge in [-0.25, -0.2) is 0 Å². The topological polar surface area (TPSA) is 101 Å². The summed E-state index contributed by atoms with van der Waals surface area (Å²) in [4.78, 5) is 35.4. The van der Waals surface area contributed by atoms with E-state index in [1.165, 1.54) is 0 Å². The van der Waals surface area contributed by atoms with Crippen LogP contribution in [0.5, 0.6) is 0 Å². The maximum Gasteiger partial charge on any atom is 0.251 e. The van der Waals surface area contributed by atoms with E-state index < -0.39 is 17.9 Å². The molecule has 4 N–H and O–H groups in total. The van der Waals surface area contributed by atoms with Crippen LogP contribution in [0.4, 0.5) is 0 Å². The molecule has 25 heavy (non-hydrogen) atoms. The molecule has 6 nitrogen and oxygen atoms in total. The SMILES string of the molecule is NC(=O)[C@@H](CCc1ccccc1)NC(=O)CNC(=O)c1ccccc1. The normalized spacial score (nSPS) is 11.4. The van der Waals surface area contributed by atoms with Crippen LogP contribution in [-0.4, -0.2) is 30.3 Å². The Morgan fingerprint density at radius 3 is 2.12 bits per heavy atom. The zero-order valence-corrected chi connectivity index (χ0v) is 13.8. The molecule has 0 unspecified atom stereocenters. The maximum atomic E-state index is 12.0. The predicted octanol–water partition coefficient (Wildman–Crippen LogP) is 1.02. The lowest BCUT2D eigenvalue weighted by molar-refractivity contribution is -0.126. The molecule has 0 saturated carbocycles. The Labute approximate surface area is 146 Å². The molecule has 2 rings (SSSR count). The third-order valence-corrected chi connectivity index (χ3v) is 3.69. The van der Waals surface area contributed by atoms with Crippen molar-refractivity contribution in [2.45, 2.75) is 18.9 Å². The zero-order valence-electron chi connectivity index (χ0n) is 13.8. The molecule has 3 amide bonds. The third kappa shape index (κ3) is 6.10. The van der Waals surface area contributed by atoms with Crippen molar-refractivity contribution in [1.29, 1.82) is 0 Å². The van der Waals surface area contributed by atoms with E-state index in [0.29, 0.717) is 18.4 Å². The Balaban J connectivity index is 1.81. The van der Waals surface area contributed by atoms with E-state index in [1.807, 2.05) is 30.3 Å². The van der Waals surface area contributed by atoms with Gasteiger partial charge in [0.1, 0.15) is 6.04 Å². The predicted molar refractivity (Wildman–Crippen MR) is 94.7 cm³/mol. The first-order chi connectivity index (χ1) is 12.1. The summed E-state index contributed by atoms with van der Waals surface area (Å²) in [5.41, 5.74) is 6.87. The molecule has 0 aliphatic rings. The second-order valence-corrected chi connectivity index (χ2v) is 5.60. The number of carbonyl (C=O) groups excluding carboxylic acids is 3. The summed E-state index contributed by atoms with van der Waals surface area (Å²) in [6, 6.07) is 17.4. The molecule has 0 saturated heterocycles. The summed E-state index contributed by atoms with van der Waals surface area (Å²) in [7, 11) is 0. The minimum absolute atomic E-state index is 0.219. The Hall–Kier alpha value is -3.15. The van der Waals surface area contributed by atoms with Crippen LogP contribution in [0.1, 0.15) is 22.3 Å². The van der Waals surface area contributed by atoms with E-state index in [0.717, 1.165) is 5.56 Å². The highest BCUT2D eigenvalue weighted by Crippen LogP contribution is 2.05. The van der Waals surface area contributed by atoms with Crippen molar-refractivity contribution in [2.75, 3.05) is 6.54 Å². The van der Waals surface area contributed by atoms with Gasteiger partial charge in [0, 0.05) is 5.56 Å². The first-order valence-electron chi connectivity index (χ1n) is 8.02. The Morgan fingerprint density at radius 1 is 0.920 bits per heavy atom. The number of carbonyl (C=O) groups is 3. The average Bonchev–Trinajstić information content (AvgIpc) is 2.64. The van der Waals surface area contributed by atoms with Crippen LogP contribution < -0.4 is 16.4 Å². The number of benzene rings is 2. The van der Waals surface area contributed by atoms with Crippen LogP contribution in [0.25, 0.3) is 0 Å². The molecule has 0 aliphatic heterocycles. The standard InChI is InChI=1S/C19H21N3O3/c20-18(24)16(12-11-14-7-3-1-4-8-14)22-17(23)13-21-19(25)15-9-5-2-6-10-15/h1-10,16H,11-13H2,(H2,20,24)(H,21,25)(H,22,23)/t16-/m1/s1. The Morgan fingerprint density at radius 2 is 1.52 bits per heavy atom. The number of hydrogen-bond donors (Lipinski definition) is 3. The van der Waals surface area contributed by atoms with Crippen LogP contribution in [0, 0.1) is 0 Å². The molecule has 0 heterocycles. The van der Waals surface area contributed by atoms with Crippen molar-refractivity contribution in [3.05, 3.63) is 71.8 Å². The molecule has 0 radical (unpaired) electrons. The van der Waals surface area contributed by atoms with Gasteiger partial charge in [0.2, 0.25) is 11.8 Å². The number of nitrogens with one attached hydrogen (secondary N) is 2. The summed E-state index contributed by atoms with van der Waals surface area (Å²) in [6.07, 6.45) is 1.02. The highest BCUT2D eigenvalue weighted by atomic mass is 16.2. The van der Waals surface area contributed by atoms with Crippen LogP contribution in [0.2, 0.25) is 0 Å². The smallest absolute Gasteiger partial charge is 0.251 e. The minimum Gasteiger partial charge on any atom is -0.368 e. The monoisotopic (exact) mass is 339 g/mol. The molecular weight excluding hydrogens is 318 g/mol. The van der Waals surface area contributed by atoms with E-state index in [9.17, 15) is 14.4 Å². The molecule has 2 aromatic rings. The average molecular weight is 339 g/mol. The lowest BCUT2D eigenvalue weighted by Crippen LogP contribution is -2.48. The molecule has 2 aromatic carbocycles. The summed E-state index contributed by atoms with van der Waals surface area (Å²) in [6.45, 7) is -0.219. The van der Waals surface area contributed by atoms with Crippen molar-refractivity contribution in [2.24, 2.45) is 5.73 Å². The number of nitrogens with two attached hydrogens (primary N) is 1. The van der Waals surface area contributed by atoms with Crippen LogP contribution in [0.3, 0.4) is 0 Å². The van der Waals surface area contributed by atoms with Gasteiger partial charge >= 0.3 is 0 Å². The number of rotatable bonds is 8. The summed E-state index contributed by atoms with van der Waals surface area (Å²) >= 11 is 0. The van der Waals surface area contributed by atoms with E-state index >= 15 is 0 Å². The number of hydrogen-bond acceptors (Lipinski definition) is 3. The number of primary amides is 1. The van der Waals surface area contributed by atoms with Gasteiger partial charge in [0.25, 0.3) is 5.91 Å². The van der Waals surface area contributed by atoms with Gasteiger partial charge in [-0.3, -0.25) is 14.4 Å². The van der Waals surface area contributed by atoms with Crippen LogP contribution in [-0.2, 0) is 16.0 Å². The molecule has 6 heteroatoms. The second-order valence-electron chi connectivity index (χ2n) is 5.60. The summed E-state index contributed by atoms with van der Waals surface area (Å²) < 4.78 is 0. The summed E-state index contributed by atoms with van der Waals surface area (Å²) in [5.74, 6) is -1.41. The molecular formula is C19H21N3O3. The quantitative estimate of drug-likeness (QED) is 0.669. The highest BCUT2D eigenvalue weighted by molar-refractivity contribution is 5.97. The first kappa shape index (κ1) is 18.2. The highest BCUT2D eigenvalue weighted by Gasteiger charge is 2.18. The lowest BCUT2D eigenvalue weighted by atomic mass is 10.0. The third-order valence-electron chi connectivity index (χ3n) is 3.69. The lowest BCUT2D eigenvalue weighted by Gasteiger charge is -2.16. The van der Waals surface area contributed by atoms with Crippen LogP contribution >= 0.6 is 0 Å². The van der Waals surface area contributed by atoms with Gasteiger partial charge in [0.15, 0.2) is 0 Å². The van der Waals surface area contributed by atoms with Crippen molar-refractivity contribution in [3.8, 4) is 0 Å². The fraction of sp³-hybridized carbons (Fsp3) is 0.211. The van der Waals surface area contributed by atoms with Crippen LogP contribution in [0.15, 0.2) is 60.7 Å². The molecule has 0 fully saturated rings. The molecule has 0 aliphatic carbocycles. The maximum absolute atomic E-state index is 12.0. The van der Waals surface area contributed by atoms with Crippen molar-refractivity contribution in [1.82, 2.24) is 10.6 Å². The Kier molecular flexibility index (Phi) is 6.71. The Bertz CT molecular complexity index is 717. The molecule has 0 bridgehead atoms. The second kappa shape index (κ2) is 9.22. The fourth-order valence-corrected chi connectivity index (χ4v) is 2.34. The number of aryl methyl sites for hydroxylation is 1. The minimum atomic E-state index is -0.777. The number of amides is 3. The van der Waals surface area contributed by atoms with Crippen molar-refractivity contribution >= 4 is 17.7 Å². The van der Waals surface area contributed by atoms with Gasteiger partial charge in [0.05, 0.1) is 6.54 Å². The first-order valence-corrected chi connectivity index (χ1v) is 8.02. The molecule has 0 spiro atoms. The van der Waals surface area contributed by atoms with Gasteiger partial charge in [-0.2, -0.15) is 0 Å². The van der Waals surface area contributed by atoms with Gasteiger partial charge < -0.3 is 16.4 Å². The van der Waals surface area contributed by atoms with E-state index in [4.69, 9.17) is 5.73 Å². The molecule has 130 valence electrons. The molecule has 1 atom stereocenters. The van der Waals surface area contributed by atoms with Crippen molar-refractivity contribution in [3.63, 3.8) is 0 Å². The van der Waals surface area contributed by atoms with Gasteiger partial charge in [-0.15, -0.1) is 0 Å². The van der Waals surface area contributed by atoms with Crippen molar-refractivity contribution < 1.29 is 14.4 Å². The van der Waals surface area contributed by atoms with E-state index in [2.05, 4.69) is 10.6 Å².